The number of unbranched alkanes of at least 4 members (excludes halogenated alkanes) is 17. The molecule has 0 heterocycles. The normalized spacial score (nSPS) is 12.9. The fourth-order valence-corrected chi connectivity index (χ4v) is 7.78. The van der Waals surface area contributed by atoms with Crippen molar-refractivity contribution in [3.8, 4) is 5.75 Å². The SMILES string of the molecule is CCCCCCCCCCCCCCC(C)(N[C@@H](CCC=O)C(=O)O)OCCOCCNC(=O)COCCOCCNC(=O)CC[C@H](NC(=O)CCCCCCCCCOc1ccc(C(=O)O)cc1)C(=O)O. The van der Waals surface area contributed by atoms with Crippen molar-refractivity contribution in [3.05, 3.63) is 29.8 Å². The molecule has 1 aromatic rings. The summed E-state index contributed by atoms with van der Waals surface area (Å²) in [5, 5.41) is 39.3. The van der Waals surface area contributed by atoms with Crippen LogP contribution in [0.25, 0.3) is 0 Å². The van der Waals surface area contributed by atoms with E-state index in [1.54, 1.807) is 12.1 Å². The molecule has 0 aliphatic rings. The summed E-state index contributed by atoms with van der Waals surface area (Å²) in [7, 11) is 0. The maximum Gasteiger partial charge on any atom is 0.335 e. The molecule has 0 fully saturated rings. The number of hydrogen-bond acceptors (Lipinski definition) is 13. The monoisotopic (exact) mass is 1020 g/mol. The fraction of sp³-hybridized carbons (Fsp3) is 0.755. The van der Waals surface area contributed by atoms with Gasteiger partial charge in [-0.1, -0.05) is 110 Å². The highest BCUT2D eigenvalue weighted by atomic mass is 16.5. The summed E-state index contributed by atoms with van der Waals surface area (Å²) in [6.45, 7) is 6.04. The smallest absolute Gasteiger partial charge is 0.335 e. The first-order valence-corrected chi connectivity index (χ1v) is 26.6. The van der Waals surface area contributed by atoms with Crippen molar-refractivity contribution in [2.45, 2.75) is 192 Å². The summed E-state index contributed by atoms with van der Waals surface area (Å²) in [6, 6.07) is 4.20. The first-order valence-electron chi connectivity index (χ1n) is 26.6. The summed E-state index contributed by atoms with van der Waals surface area (Å²) in [6.07, 6.45) is 22.5. The molecule has 0 aromatic heterocycles. The van der Waals surface area contributed by atoms with Crippen molar-refractivity contribution in [2.75, 3.05) is 65.9 Å². The lowest BCUT2D eigenvalue weighted by Crippen LogP contribution is -2.53. The summed E-state index contributed by atoms with van der Waals surface area (Å²) in [5.74, 6) is -3.66. The van der Waals surface area contributed by atoms with Crippen LogP contribution < -0.4 is 26.0 Å². The third-order valence-electron chi connectivity index (χ3n) is 12.0. The number of aldehydes is 1. The molecule has 3 amide bonds. The lowest BCUT2D eigenvalue weighted by Gasteiger charge is -2.34. The van der Waals surface area contributed by atoms with Gasteiger partial charge in [0.2, 0.25) is 17.7 Å². The molecule has 0 aliphatic carbocycles. The van der Waals surface area contributed by atoms with E-state index in [0.717, 1.165) is 57.8 Å². The molecular formula is C53H90N4O15. The van der Waals surface area contributed by atoms with Gasteiger partial charge >= 0.3 is 17.9 Å². The quantitative estimate of drug-likeness (QED) is 0.0191. The van der Waals surface area contributed by atoms with E-state index in [1.165, 1.54) is 69.9 Å². The molecule has 0 saturated carbocycles. The maximum atomic E-state index is 12.4. The Bertz CT molecular complexity index is 1620. The van der Waals surface area contributed by atoms with Crippen LogP contribution in [0.2, 0.25) is 0 Å². The Balaban J connectivity index is 2.11. The van der Waals surface area contributed by atoms with Crippen molar-refractivity contribution in [2.24, 2.45) is 0 Å². The number of carboxylic acids is 3. The Morgan fingerprint density at radius 1 is 0.569 bits per heavy atom. The van der Waals surface area contributed by atoms with Gasteiger partial charge < -0.3 is 59.7 Å². The largest absolute Gasteiger partial charge is 0.494 e. The van der Waals surface area contributed by atoms with E-state index >= 15 is 0 Å². The predicted octanol–water partition coefficient (Wildman–Crippen LogP) is 7.36. The van der Waals surface area contributed by atoms with Crippen LogP contribution in [0.3, 0.4) is 0 Å². The topological polar surface area (TPSA) is 274 Å². The van der Waals surface area contributed by atoms with Crippen LogP contribution in [0, 0.1) is 0 Å². The van der Waals surface area contributed by atoms with E-state index in [9.17, 15) is 43.8 Å². The van der Waals surface area contributed by atoms with E-state index in [-0.39, 0.29) is 115 Å². The summed E-state index contributed by atoms with van der Waals surface area (Å²) < 4.78 is 28.2. The van der Waals surface area contributed by atoms with E-state index in [1.807, 2.05) is 6.92 Å². The Morgan fingerprint density at radius 3 is 1.67 bits per heavy atom. The molecule has 3 atom stereocenters. The highest BCUT2D eigenvalue weighted by Crippen LogP contribution is 2.21. The van der Waals surface area contributed by atoms with Gasteiger partial charge in [-0.15, -0.1) is 0 Å². The summed E-state index contributed by atoms with van der Waals surface area (Å²) >= 11 is 0. The van der Waals surface area contributed by atoms with Gasteiger partial charge in [-0.3, -0.25) is 24.5 Å². The van der Waals surface area contributed by atoms with E-state index in [0.29, 0.717) is 31.5 Å². The summed E-state index contributed by atoms with van der Waals surface area (Å²) in [5.41, 5.74) is -0.704. The van der Waals surface area contributed by atoms with E-state index < -0.39 is 35.7 Å². The number of carbonyl (C=O) groups excluding carboxylic acids is 4. The van der Waals surface area contributed by atoms with Gasteiger partial charge in [0.15, 0.2) is 0 Å². The molecule has 0 saturated heterocycles. The van der Waals surface area contributed by atoms with E-state index in [4.69, 9.17) is 28.8 Å². The van der Waals surface area contributed by atoms with Crippen molar-refractivity contribution < 1.29 is 72.6 Å². The number of benzene rings is 1. The molecule has 0 bridgehead atoms. The number of hydrogen-bond donors (Lipinski definition) is 7. The molecule has 72 heavy (non-hydrogen) atoms. The maximum absolute atomic E-state index is 12.4. The average Bonchev–Trinajstić information content (AvgIpc) is 3.35. The number of aromatic carboxylic acids is 1. The lowest BCUT2D eigenvalue weighted by molar-refractivity contribution is -0.145. The average molecular weight is 1020 g/mol. The van der Waals surface area contributed by atoms with Gasteiger partial charge in [0.1, 0.15) is 36.5 Å². The Hall–Kier alpha value is -4.69. The Morgan fingerprint density at radius 2 is 1.10 bits per heavy atom. The van der Waals surface area contributed by atoms with Crippen molar-refractivity contribution in [1.82, 2.24) is 21.3 Å². The van der Waals surface area contributed by atoms with Crippen LogP contribution in [0.5, 0.6) is 5.75 Å². The number of carbonyl (C=O) groups is 7. The van der Waals surface area contributed by atoms with Gasteiger partial charge in [0, 0.05) is 32.4 Å². The second kappa shape index (κ2) is 43.9. The molecule has 7 N–H and O–H groups in total. The number of aliphatic carboxylic acids is 2. The first-order chi connectivity index (χ1) is 34.8. The number of carboxylic acid groups (broad SMARTS) is 3. The number of nitrogens with one attached hydrogen (secondary N) is 4. The van der Waals surface area contributed by atoms with Crippen LogP contribution in [0.15, 0.2) is 24.3 Å². The number of rotatable bonds is 51. The molecule has 0 radical (unpaired) electrons. The number of amides is 3. The Labute approximate surface area is 428 Å². The minimum atomic E-state index is -1.21. The van der Waals surface area contributed by atoms with Crippen LogP contribution in [0.4, 0.5) is 0 Å². The summed E-state index contributed by atoms with van der Waals surface area (Å²) in [4.78, 5) is 82.4. The molecule has 19 nitrogen and oxygen atoms in total. The zero-order valence-electron chi connectivity index (χ0n) is 43.5. The van der Waals surface area contributed by atoms with Crippen molar-refractivity contribution >= 4 is 41.9 Å². The number of ether oxygens (including phenoxy) is 5. The molecule has 0 aliphatic heterocycles. The van der Waals surface area contributed by atoms with Crippen LogP contribution in [-0.2, 0) is 47.7 Å². The minimum Gasteiger partial charge on any atom is -0.494 e. The molecule has 1 aromatic carbocycles. The second-order valence-electron chi connectivity index (χ2n) is 18.4. The second-order valence-corrected chi connectivity index (χ2v) is 18.4. The molecule has 1 unspecified atom stereocenters. The first kappa shape index (κ1) is 65.3. The van der Waals surface area contributed by atoms with Crippen LogP contribution in [0.1, 0.15) is 185 Å². The fourth-order valence-electron chi connectivity index (χ4n) is 7.78. The molecule has 19 heteroatoms. The predicted molar refractivity (Wildman–Crippen MR) is 273 cm³/mol. The van der Waals surface area contributed by atoms with Gasteiger partial charge in [0.05, 0.1) is 51.8 Å². The van der Waals surface area contributed by atoms with Crippen LogP contribution >= 0.6 is 0 Å². The van der Waals surface area contributed by atoms with Gasteiger partial charge in [-0.25, -0.2) is 9.59 Å². The molecule has 0 spiro atoms. The molecular weight excluding hydrogens is 933 g/mol. The third-order valence-corrected chi connectivity index (χ3v) is 12.0. The zero-order chi connectivity index (χ0) is 52.9. The highest BCUT2D eigenvalue weighted by Gasteiger charge is 2.31. The highest BCUT2D eigenvalue weighted by molar-refractivity contribution is 5.87. The van der Waals surface area contributed by atoms with Crippen molar-refractivity contribution in [1.29, 1.82) is 0 Å². The minimum absolute atomic E-state index is 0.0557. The molecule has 1 rings (SSSR count). The van der Waals surface area contributed by atoms with E-state index in [2.05, 4.69) is 28.2 Å². The standard InChI is InChI=1S/C53H90N4O15/c1-3-4-5-6-7-8-9-10-11-14-17-20-31-53(2,57-46(52(66)67)23-22-34-58)72-41-40-69-37-33-55-49(61)42-70-39-38-68-36-32-54-47(59)30-29-45(51(64)65)56-48(60)24-19-16-13-12-15-18-21-35-71-44-27-25-43(26-28-44)50(62)63/h25-28,34,45-46,57H,3-24,29-33,35-42H2,1-2H3,(H,54,59)(H,55,61)(H,56,60)(H,62,63)(H,64,65)(H,66,67)/t45-,46-,53?/m0/s1. The molecule has 412 valence electrons. The van der Waals surface area contributed by atoms with Crippen molar-refractivity contribution in [3.63, 3.8) is 0 Å². The van der Waals surface area contributed by atoms with Gasteiger partial charge in [-0.05, 0) is 69.7 Å². The lowest BCUT2D eigenvalue weighted by atomic mass is 10.0. The third kappa shape index (κ3) is 37.1. The zero-order valence-corrected chi connectivity index (χ0v) is 43.5. The van der Waals surface area contributed by atoms with Crippen LogP contribution in [-0.4, -0.2) is 141 Å². The van der Waals surface area contributed by atoms with Gasteiger partial charge in [0.25, 0.3) is 0 Å². The van der Waals surface area contributed by atoms with Gasteiger partial charge in [-0.2, -0.15) is 0 Å². The Kier molecular flexibility index (Phi) is 39.8.